The molecule has 1 aliphatic heterocycles. The molecule has 0 aromatic heterocycles. The fourth-order valence-electron chi connectivity index (χ4n) is 1.74. The van der Waals surface area contributed by atoms with Gasteiger partial charge in [0.25, 0.3) is 0 Å². The number of halogens is 1. The van der Waals surface area contributed by atoms with Gasteiger partial charge in [0.05, 0.1) is 17.4 Å². The van der Waals surface area contributed by atoms with Crippen molar-refractivity contribution in [1.29, 1.82) is 0 Å². The van der Waals surface area contributed by atoms with Gasteiger partial charge in [-0.2, -0.15) is 0 Å². The first-order chi connectivity index (χ1) is 8.67. The van der Waals surface area contributed by atoms with E-state index in [4.69, 9.17) is 0 Å². The van der Waals surface area contributed by atoms with E-state index < -0.39 is 14.6 Å². The highest BCUT2D eigenvalue weighted by molar-refractivity contribution is 14.0. The highest BCUT2D eigenvalue weighted by atomic mass is 127. The van der Waals surface area contributed by atoms with Gasteiger partial charge in [-0.05, 0) is 27.2 Å². The molecule has 1 heterocycles. The van der Waals surface area contributed by atoms with Crippen LogP contribution in [0.5, 0.6) is 0 Å². The number of likely N-dealkylation sites (tertiary alicyclic amines) is 1. The number of aliphatic hydroxyl groups excluding tert-OH is 1. The number of aliphatic hydroxyl groups is 1. The van der Waals surface area contributed by atoms with Crippen molar-refractivity contribution in [1.82, 2.24) is 10.2 Å². The molecule has 0 radical (unpaired) electrons. The van der Waals surface area contributed by atoms with Gasteiger partial charge in [-0.15, -0.1) is 24.0 Å². The molecule has 1 fully saturated rings. The molecule has 1 aliphatic rings. The summed E-state index contributed by atoms with van der Waals surface area (Å²) in [7, 11) is -3.15. The Morgan fingerprint density at radius 2 is 2.10 bits per heavy atom. The minimum absolute atomic E-state index is 0. The zero-order valence-corrected chi connectivity index (χ0v) is 15.7. The molecule has 1 atom stereocenters. The predicted molar refractivity (Wildman–Crippen MR) is 92.5 cm³/mol. The topological polar surface area (TPSA) is 82.0 Å². The summed E-state index contributed by atoms with van der Waals surface area (Å²) < 4.78 is 22.4. The molecule has 120 valence electrons. The third-order valence-corrected chi connectivity index (χ3v) is 5.55. The van der Waals surface area contributed by atoms with Gasteiger partial charge in [0.15, 0.2) is 15.8 Å². The molecule has 1 saturated heterocycles. The van der Waals surface area contributed by atoms with Crippen LogP contribution in [0.4, 0.5) is 0 Å². The molecule has 0 aromatic rings. The zero-order chi connectivity index (χ0) is 14.7. The maximum atomic E-state index is 11.7. The number of hydrogen-bond donors (Lipinski definition) is 2. The average Bonchev–Trinajstić information content (AvgIpc) is 2.69. The molecule has 0 unspecified atom stereocenters. The van der Waals surface area contributed by atoms with E-state index in [0.29, 0.717) is 19.0 Å². The fraction of sp³-hybridized carbons (Fsp3) is 0.917. The highest BCUT2D eigenvalue weighted by Gasteiger charge is 2.31. The van der Waals surface area contributed by atoms with Crippen molar-refractivity contribution >= 4 is 39.8 Å². The van der Waals surface area contributed by atoms with E-state index in [1.165, 1.54) is 6.26 Å². The van der Waals surface area contributed by atoms with E-state index in [1.807, 2.05) is 11.8 Å². The second-order valence-electron chi connectivity index (χ2n) is 5.59. The molecule has 0 aromatic carbocycles. The van der Waals surface area contributed by atoms with Crippen LogP contribution < -0.4 is 5.32 Å². The molecule has 6 nitrogen and oxygen atoms in total. The van der Waals surface area contributed by atoms with Crippen molar-refractivity contribution in [3.63, 3.8) is 0 Å². The van der Waals surface area contributed by atoms with E-state index >= 15 is 0 Å². The lowest BCUT2D eigenvalue weighted by molar-refractivity contribution is 0.188. The standard InChI is InChI=1S/C12H25N3O3S.HI/c1-5-13-11(15-7-6-10(16)8-15)14-9-12(2,3)19(4,17)18;/h10,16H,5-9H2,1-4H3,(H,13,14);1H/t10-;/m1./s1. The predicted octanol–water partition coefficient (Wildman–Crippen LogP) is 0.460. The van der Waals surface area contributed by atoms with Gasteiger partial charge in [0.2, 0.25) is 0 Å². The van der Waals surface area contributed by atoms with E-state index in [2.05, 4.69) is 10.3 Å². The second-order valence-corrected chi connectivity index (χ2v) is 8.24. The largest absolute Gasteiger partial charge is 0.391 e. The minimum atomic E-state index is -3.15. The normalized spacial score (nSPS) is 20.8. The van der Waals surface area contributed by atoms with Gasteiger partial charge in [-0.3, -0.25) is 4.99 Å². The average molecular weight is 419 g/mol. The summed E-state index contributed by atoms with van der Waals surface area (Å²) >= 11 is 0. The first-order valence-corrected chi connectivity index (χ1v) is 8.47. The molecule has 0 aliphatic carbocycles. The van der Waals surface area contributed by atoms with Crippen molar-refractivity contribution < 1.29 is 13.5 Å². The molecule has 0 spiro atoms. The zero-order valence-electron chi connectivity index (χ0n) is 12.6. The second kappa shape index (κ2) is 7.79. The molecule has 2 N–H and O–H groups in total. The van der Waals surface area contributed by atoms with Gasteiger partial charge in [0, 0.05) is 25.9 Å². The van der Waals surface area contributed by atoms with Gasteiger partial charge < -0.3 is 15.3 Å². The number of nitrogens with zero attached hydrogens (tertiary/aromatic N) is 2. The third-order valence-electron chi connectivity index (χ3n) is 3.41. The van der Waals surface area contributed by atoms with Crippen molar-refractivity contribution in [3.8, 4) is 0 Å². The molecular formula is C12H26IN3O3S. The number of hydrogen-bond acceptors (Lipinski definition) is 4. The number of aliphatic imine (C=N–C) groups is 1. The Hall–Kier alpha value is -0.0900. The monoisotopic (exact) mass is 419 g/mol. The van der Waals surface area contributed by atoms with Gasteiger partial charge in [0.1, 0.15) is 0 Å². The first-order valence-electron chi connectivity index (χ1n) is 6.58. The van der Waals surface area contributed by atoms with Crippen LogP contribution in [-0.2, 0) is 9.84 Å². The number of guanidine groups is 1. The Bertz CT molecular complexity index is 437. The minimum Gasteiger partial charge on any atom is -0.391 e. The summed E-state index contributed by atoms with van der Waals surface area (Å²) in [4.78, 5) is 6.37. The van der Waals surface area contributed by atoms with Crippen LogP contribution in [-0.4, -0.2) is 67.7 Å². The third kappa shape index (κ3) is 5.36. The Morgan fingerprint density at radius 3 is 2.50 bits per heavy atom. The number of rotatable bonds is 4. The summed E-state index contributed by atoms with van der Waals surface area (Å²) in [6, 6.07) is 0. The smallest absolute Gasteiger partial charge is 0.194 e. The van der Waals surface area contributed by atoms with Crippen molar-refractivity contribution in [2.24, 2.45) is 4.99 Å². The summed E-state index contributed by atoms with van der Waals surface area (Å²) in [6.45, 7) is 7.52. The van der Waals surface area contributed by atoms with Crippen LogP contribution in [0.3, 0.4) is 0 Å². The molecule has 8 heteroatoms. The van der Waals surface area contributed by atoms with Gasteiger partial charge in [-0.1, -0.05) is 0 Å². The Labute approximate surface area is 139 Å². The molecular weight excluding hydrogens is 393 g/mol. The number of sulfone groups is 1. The van der Waals surface area contributed by atoms with Crippen LogP contribution >= 0.6 is 24.0 Å². The van der Waals surface area contributed by atoms with Crippen LogP contribution in [0.15, 0.2) is 4.99 Å². The highest BCUT2D eigenvalue weighted by Crippen LogP contribution is 2.16. The maximum Gasteiger partial charge on any atom is 0.194 e. The van der Waals surface area contributed by atoms with Crippen molar-refractivity contribution in [2.75, 3.05) is 32.4 Å². The van der Waals surface area contributed by atoms with E-state index in [9.17, 15) is 13.5 Å². The quantitative estimate of drug-likeness (QED) is 0.393. The van der Waals surface area contributed by atoms with E-state index in [0.717, 1.165) is 13.0 Å². The Kier molecular flexibility index (Phi) is 7.75. The number of β-amino-alcohol motifs (C(OH)–C–C–N with tert-alkyl or cyclic N) is 1. The first kappa shape index (κ1) is 19.9. The summed E-state index contributed by atoms with van der Waals surface area (Å²) in [5, 5.41) is 12.7. The van der Waals surface area contributed by atoms with Crippen LogP contribution in [0.1, 0.15) is 27.2 Å². The van der Waals surface area contributed by atoms with Gasteiger partial charge >= 0.3 is 0 Å². The van der Waals surface area contributed by atoms with E-state index in [-0.39, 0.29) is 36.6 Å². The molecule has 0 saturated carbocycles. The van der Waals surface area contributed by atoms with Crippen molar-refractivity contribution in [3.05, 3.63) is 0 Å². The lowest BCUT2D eigenvalue weighted by atomic mass is 10.2. The Morgan fingerprint density at radius 1 is 1.50 bits per heavy atom. The lowest BCUT2D eigenvalue weighted by Gasteiger charge is -2.24. The summed E-state index contributed by atoms with van der Waals surface area (Å²) in [5.74, 6) is 0.677. The molecule has 1 rings (SSSR count). The number of nitrogens with one attached hydrogen (secondary N) is 1. The molecule has 0 amide bonds. The Balaban J connectivity index is 0.00000361. The lowest BCUT2D eigenvalue weighted by Crippen LogP contribution is -2.42. The van der Waals surface area contributed by atoms with Crippen LogP contribution in [0.25, 0.3) is 0 Å². The van der Waals surface area contributed by atoms with Crippen LogP contribution in [0, 0.1) is 0 Å². The summed E-state index contributed by atoms with van der Waals surface area (Å²) in [5.41, 5.74) is 0. The fourth-order valence-corrected chi connectivity index (χ4v) is 2.04. The SMILES string of the molecule is CCNC(=NCC(C)(C)S(C)(=O)=O)N1CC[C@@H](O)C1.I. The van der Waals surface area contributed by atoms with E-state index in [1.54, 1.807) is 13.8 Å². The van der Waals surface area contributed by atoms with Crippen molar-refractivity contribution in [2.45, 2.75) is 38.0 Å². The van der Waals surface area contributed by atoms with Crippen LogP contribution in [0.2, 0.25) is 0 Å². The molecule has 0 bridgehead atoms. The maximum absolute atomic E-state index is 11.7. The van der Waals surface area contributed by atoms with Gasteiger partial charge in [-0.25, -0.2) is 8.42 Å². The molecule has 20 heavy (non-hydrogen) atoms. The summed E-state index contributed by atoms with van der Waals surface area (Å²) in [6.07, 6.45) is 1.63.